The van der Waals surface area contributed by atoms with Crippen LogP contribution < -0.4 is 14.8 Å². The molecule has 1 aliphatic rings. The highest BCUT2D eigenvalue weighted by atomic mass is 16.7. The number of hydrogen-bond donors (Lipinski definition) is 1. The summed E-state index contributed by atoms with van der Waals surface area (Å²) < 4.78 is 26.7. The molecule has 0 saturated heterocycles. The lowest BCUT2D eigenvalue weighted by Gasteiger charge is -2.13. The van der Waals surface area contributed by atoms with Crippen LogP contribution in [0.25, 0.3) is 11.0 Å². The van der Waals surface area contributed by atoms with E-state index < -0.39 is 18.0 Å². The third-order valence-corrected chi connectivity index (χ3v) is 4.47. The van der Waals surface area contributed by atoms with Crippen LogP contribution in [0.1, 0.15) is 23.0 Å². The fourth-order valence-corrected chi connectivity index (χ4v) is 3.04. The molecule has 0 aliphatic carbocycles. The van der Waals surface area contributed by atoms with Crippen molar-refractivity contribution in [1.82, 2.24) is 0 Å². The lowest BCUT2D eigenvalue weighted by atomic mass is 10.1. The van der Waals surface area contributed by atoms with E-state index in [2.05, 4.69) is 5.32 Å². The summed E-state index contributed by atoms with van der Waals surface area (Å²) >= 11 is 0. The van der Waals surface area contributed by atoms with Crippen LogP contribution in [0, 0.1) is 0 Å². The molecule has 3 aromatic rings. The van der Waals surface area contributed by atoms with E-state index in [0.717, 1.165) is 5.39 Å². The first kappa shape index (κ1) is 18.8. The molecule has 1 amide bonds. The number of furan rings is 1. The average molecular weight is 397 g/mol. The SMILES string of the molecule is COCc1c(C(=O)O[C@H](C)C(=O)Nc2ccc3c(c2)OCO3)oc2ccccc12. The van der Waals surface area contributed by atoms with Crippen molar-refractivity contribution in [1.29, 1.82) is 0 Å². The summed E-state index contributed by atoms with van der Waals surface area (Å²) in [4.78, 5) is 25.1. The van der Waals surface area contributed by atoms with Crippen LogP contribution in [0.5, 0.6) is 11.5 Å². The summed E-state index contributed by atoms with van der Waals surface area (Å²) in [6.07, 6.45) is -1.04. The first-order valence-electron chi connectivity index (χ1n) is 8.97. The van der Waals surface area contributed by atoms with Crippen molar-refractivity contribution in [2.45, 2.75) is 19.6 Å². The van der Waals surface area contributed by atoms with Gasteiger partial charge in [0.05, 0.1) is 6.61 Å². The second-order valence-electron chi connectivity index (χ2n) is 6.44. The van der Waals surface area contributed by atoms with E-state index >= 15 is 0 Å². The van der Waals surface area contributed by atoms with Gasteiger partial charge in [-0.15, -0.1) is 0 Å². The Bertz CT molecular complexity index is 1070. The Morgan fingerprint density at radius 1 is 1.14 bits per heavy atom. The second-order valence-corrected chi connectivity index (χ2v) is 6.44. The van der Waals surface area contributed by atoms with E-state index in [-0.39, 0.29) is 19.2 Å². The maximum absolute atomic E-state index is 12.6. The van der Waals surface area contributed by atoms with Gasteiger partial charge in [-0.1, -0.05) is 18.2 Å². The number of para-hydroxylation sites is 1. The maximum atomic E-state index is 12.6. The number of fused-ring (bicyclic) bond motifs is 2. The molecule has 29 heavy (non-hydrogen) atoms. The summed E-state index contributed by atoms with van der Waals surface area (Å²) in [7, 11) is 1.53. The third kappa shape index (κ3) is 3.74. The van der Waals surface area contributed by atoms with Crippen molar-refractivity contribution in [3.8, 4) is 11.5 Å². The molecule has 1 N–H and O–H groups in total. The molecular formula is C21H19NO7. The number of hydrogen-bond acceptors (Lipinski definition) is 7. The molecule has 0 bridgehead atoms. The van der Waals surface area contributed by atoms with Gasteiger partial charge < -0.3 is 28.7 Å². The number of ether oxygens (including phenoxy) is 4. The van der Waals surface area contributed by atoms with Gasteiger partial charge in [0, 0.05) is 29.8 Å². The molecule has 8 nitrogen and oxygen atoms in total. The Morgan fingerprint density at radius 3 is 2.76 bits per heavy atom. The van der Waals surface area contributed by atoms with Crippen LogP contribution in [-0.2, 0) is 20.9 Å². The summed E-state index contributed by atoms with van der Waals surface area (Å²) in [6, 6.07) is 12.2. The first-order valence-corrected chi connectivity index (χ1v) is 8.97. The van der Waals surface area contributed by atoms with Gasteiger partial charge in [0.25, 0.3) is 5.91 Å². The molecule has 0 unspecified atom stereocenters. The minimum atomic E-state index is -1.04. The van der Waals surface area contributed by atoms with Crippen molar-refractivity contribution in [3.05, 3.63) is 53.8 Å². The molecule has 2 heterocycles. The zero-order chi connectivity index (χ0) is 20.4. The normalized spacial score (nSPS) is 13.3. The van der Waals surface area contributed by atoms with E-state index in [4.69, 9.17) is 23.4 Å². The molecule has 1 aliphatic heterocycles. The zero-order valence-corrected chi connectivity index (χ0v) is 15.9. The highest BCUT2D eigenvalue weighted by molar-refractivity contribution is 5.99. The van der Waals surface area contributed by atoms with Gasteiger partial charge in [-0.2, -0.15) is 0 Å². The second kappa shape index (κ2) is 7.84. The fraction of sp³-hybridized carbons (Fsp3) is 0.238. The number of benzene rings is 2. The van der Waals surface area contributed by atoms with Gasteiger partial charge in [-0.25, -0.2) is 4.79 Å². The van der Waals surface area contributed by atoms with Crippen molar-refractivity contribution in [3.63, 3.8) is 0 Å². The minimum Gasteiger partial charge on any atom is -0.454 e. The van der Waals surface area contributed by atoms with Crippen LogP contribution in [0.3, 0.4) is 0 Å². The lowest BCUT2D eigenvalue weighted by molar-refractivity contribution is -0.123. The highest BCUT2D eigenvalue weighted by Crippen LogP contribution is 2.34. The van der Waals surface area contributed by atoms with Crippen LogP contribution in [0.4, 0.5) is 5.69 Å². The topological polar surface area (TPSA) is 96.2 Å². The molecule has 150 valence electrons. The monoisotopic (exact) mass is 397 g/mol. The number of carbonyl (C=O) groups is 2. The molecular weight excluding hydrogens is 378 g/mol. The highest BCUT2D eigenvalue weighted by Gasteiger charge is 2.26. The van der Waals surface area contributed by atoms with Crippen LogP contribution in [0.15, 0.2) is 46.9 Å². The quantitative estimate of drug-likeness (QED) is 0.636. The van der Waals surface area contributed by atoms with E-state index in [0.29, 0.717) is 28.3 Å². The van der Waals surface area contributed by atoms with Crippen molar-refractivity contribution in [2.75, 3.05) is 19.2 Å². The van der Waals surface area contributed by atoms with E-state index in [9.17, 15) is 9.59 Å². The predicted molar refractivity (Wildman–Crippen MR) is 103 cm³/mol. The standard InChI is InChI=1S/C21H19NO7/c1-12(20(23)22-13-7-8-17-18(9-13)27-11-26-17)28-21(24)19-15(10-25-2)14-5-3-4-6-16(14)29-19/h3-9,12H,10-11H2,1-2H3,(H,22,23)/t12-/m1/s1. The van der Waals surface area contributed by atoms with Gasteiger partial charge in [-0.3, -0.25) is 4.79 Å². The summed E-state index contributed by atoms with van der Waals surface area (Å²) in [6.45, 7) is 1.81. The Hall–Kier alpha value is -3.52. The molecule has 1 atom stereocenters. The minimum absolute atomic E-state index is 0.0239. The average Bonchev–Trinajstić information content (AvgIpc) is 3.32. The van der Waals surface area contributed by atoms with Crippen LogP contribution in [0.2, 0.25) is 0 Å². The fourth-order valence-electron chi connectivity index (χ4n) is 3.04. The van der Waals surface area contributed by atoms with Crippen LogP contribution in [-0.4, -0.2) is 31.9 Å². The van der Waals surface area contributed by atoms with Gasteiger partial charge in [0.2, 0.25) is 12.6 Å². The Balaban J connectivity index is 1.47. The first-order chi connectivity index (χ1) is 14.1. The van der Waals surface area contributed by atoms with E-state index in [1.54, 1.807) is 30.3 Å². The molecule has 1 aromatic heterocycles. The van der Waals surface area contributed by atoms with E-state index in [1.807, 2.05) is 12.1 Å². The number of carbonyl (C=O) groups excluding carboxylic acids is 2. The number of amides is 1. The predicted octanol–water partition coefficient (Wildman–Crippen LogP) is 3.49. The van der Waals surface area contributed by atoms with E-state index in [1.165, 1.54) is 14.0 Å². The largest absolute Gasteiger partial charge is 0.454 e. The smallest absolute Gasteiger partial charge is 0.375 e. The summed E-state index contributed by atoms with van der Waals surface area (Å²) in [5, 5.41) is 3.45. The van der Waals surface area contributed by atoms with Crippen molar-refractivity contribution in [2.24, 2.45) is 0 Å². The third-order valence-electron chi connectivity index (χ3n) is 4.47. The summed E-state index contributed by atoms with van der Waals surface area (Å²) in [5.74, 6) is -0.0454. The molecule has 8 heteroatoms. The number of esters is 1. The molecule has 2 aromatic carbocycles. The maximum Gasteiger partial charge on any atom is 0.375 e. The Morgan fingerprint density at radius 2 is 1.93 bits per heavy atom. The zero-order valence-electron chi connectivity index (χ0n) is 15.9. The summed E-state index contributed by atoms with van der Waals surface area (Å²) in [5.41, 5.74) is 1.63. The molecule has 0 saturated carbocycles. The number of nitrogens with one attached hydrogen (secondary N) is 1. The molecule has 4 rings (SSSR count). The number of rotatable bonds is 6. The van der Waals surface area contributed by atoms with Gasteiger partial charge in [-0.05, 0) is 25.1 Å². The van der Waals surface area contributed by atoms with Gasteiger partial charge >= 0.3 is 5.97 Å². The van der Waals surface area contributed by atoms with Crippen molar-refractivity contribution >= 4 is 28.5 Å². The van der Waals surface area contributed by atoms with Crippen molar-refractivity contribution < 1.29 is 33.0 Å². The van der Waals surface area contributed by atoms with Crippen LogP contribution >= 0.6 is 0 Å². The molecule has 0 fully saturated rings. The number of methoxy groups -OCH3 is 1. The van der Waals surface area contributed by atoms with Gasteiger partial charge in [0.15, 0.2) is 17.6 Å². The Kier molecular flexibility index (Phi) is 5.09. The Labute approximate surface area is 166 Å². The van der Waals surface area contributed by atoms with Gasteiger partial charge in [0.1, 0.15) is 5.58 Å². The molecule has 0 spiro atoms. The molecule has 0 radical (unpaired) electrons. The number of anilines is 1. The lowest BCUT2D eigenvalue weighted by Crippen LogP contribution is -2.30.